The molecule has 0 N–H and O–H groups in total. The molecular formula is C14H26O2Si. The molecule has 3 atom stereocenters. The molecule has 98 valence electrons. The first-order chi connectivity index (χ1) is 8.17. The first-order valence-electron chi connectivity index (χ1n) is 7.13. The van der Waals surface area contributed by atoms with Gasteiger partial charge in [-0.3, -0.25) is 0 Å². The van der Waals surface area contributed by atoms with Crippen molar-refractivity contribution in [2.24, 2.45) is 17.8 Å². The number of fused-ring (bicyclic) bond motifs is 2. The second-order valence-electron chi connectivity index (χ2n) is 5.58. The highest BCUT2D eigenvalue weighted by molar-refractivity contribution is 6.13. The van der Waals surface area contributed by atoms with Crippen LogP contribution in [0.3, 0.4) is 0 Å². The average Bonchev–Trinajstić information content (AvgIpc) is 2.89. The topological polar surface area (TPSA) is 18.5 Å². The van der Waals surface area contributed by atoms with Gasteiger partial charge in [-0.25, -0.2) is 0 Å². The number of hydrogen-bond acceptors (Lipinski definition) is 2. The molecule has 0 heterocycles. The highest BCUT2D eigenvalue weighted by Gasteiger charge is 2.37. The molecule has 0 aliphatic heterocycles. The molecule has 2 rings (SSSR count). The lowest BCUT2D eigenvalue weighted by molar-refractivity contribution is -0.178. The van der Waals surface area contributed by atoms with Crippen molar-refractivity contribution in [2.45, 2.75) is 44.9 Å². The van der Waals surface area contributed by atoms with E-state index in [-0.39, 0.29) is 5.41 Å². The molecule has 0 spiro atoms. The van der Waals surface area contributed by atoms with Gasteiger partial charge in [-0.1, -0.05) is 12.2 Å². The first kappa shape index (κ1) is 13.3. The second-order valence-corrected chi connectivity index (χ2v) is 7.10. The summed E-state index contributed by atoms with van der Waals surface area (Å²) in [5.74, 6) is 2.63. The Morgan fingerprint density at radius 2 is 1.88 bits per heavy atom. The van der Waals surface area contributed by atoms with Crippen molar-refractivity contribution in [1.82, 2.24) is 0 Å². The van der Waals surface area contributed by atoms with E-state index in [0.29, 0.717) is 0 Å². The Kier molecular flexibility index (Phi) is 4.45. The normalized spacial score (nSPS) is 31.5. The number of rotatable bonds is 7. The first-order valence-corrected chi connectivity index (χ1v) is 8.13. The molecule has 17 heavy (non-hydrogen) atoms. The molecule has 0 aromatic heterocycles. The summed E-state index contributed by atoms with van der Waals surface area (Å²) < 4.78 is 11.7. The Hall–Kier alpha value is -0.123. The van der Waals surface area contributed by atoms with Gasteiger partial charge in [0.15, 0.2) is 0 Å². The molecule has 1 saturated carbocycles. The molecule has 0 amide bonds. The highest BCUT2D eigenvalue weighted by atomic mass is 28.1. The van der Waals surface area contributed by atoms with Crippen LogP contribution in [0.25, 0.3) is 0 Å². The summed E-state index contributed by atoms with van der Waals surface area (Å²) in [6, 6.07) is 0. The Bertz CT molecular complexity index is 271. The van der Waals surface area contributed by atoms with Crippen molar-refractivity contribution in [3.63, 3.8) is 0 Å². The Labute approximate surface area is 108 Å². The van der Waals surface area contributed by atoms with Crippen molar-refractivity contribution >= 4 is 10.2 Å². The van der Waals surface area contributed by atoms with Crippen molar-refractivity contribution in [3.8, 4) is 0 Å². The molecule has 3 unspecified atom stereocenters. The summed E-state index contributed by atoms with van der Waals surface area (Å²) >= 11 is 0. The van der Waals surface area contributed by atoms with Crippen LogP contribution >= 0.6 is 0 Å². The van der Waals surface area contributed by atoms with Crippen molar-refractivity contribution in [3.05, 3.63) is 12.2 Å². The smallest absolute Gasteiger partial charge is 0.141 e. The van der Waals surface area contributed by atoms with Crippen LogP contribution in [0.1, 0.15) is 39.5 Å². The molecule has 1 fully saturated rings. The van der Waals surface area contributed by atoms with Gasteiger partial charge in [-0.2, -0.15) is 0 Å². The molecule has 0 radical (unpaired) electrons. The monoisotopic (exact) mass is 254 g/mol. The third kappa shape index (κ3) is 3.21. The summed E-state index contributed by atoms with van der Waals surface area (Å²) in [4.78, 5) is 0. The Morgan fingerprint density at radius 3 is 2.35 bits per heavy atom. The standard InChI is InChI=1S/C14H26O2Si/c1-3-15-14(17,16-4-2)8-7-13-10-11-5-6-12(13)9-11/h5-6,11-13H,3-4,7-10H2,1-2,17H3. The van der Waals surface area contributed by atoms with Gasteiger partial charge in [-0.05, 0) is 57.3 Å². The zero-order chi connectivity index (χ0) is 12.3. The predicted octanol–water partition coefficient (Wildman–Crippen LogP) is 2.07. The van der Waals surface area contributed by atoms with Crippen molar-refractivity contribution in [2.75, 3.05) is 13.2 Å². The maximum Gasteiger partial charge on any atom is 0.141 e. The third-order valence-corrected chi connectivity index (χ3v) is 5.36. The van der Waals surface area contributed by atoms with Crippen LogP contribution < -0.4 is 0 Å². The van der Waals surface area contributed by atoms with Gasteiger partial charge < -0.3 is 9.47 Å². The molecular weight excluding hydrogens is 228 g/mol. The van der Waals surface area contributed by atoms with Gasteiger partial charge in [0.1, 0.15) is 5.41 Å². The molecule has 2 bridgehead atoms. The Morgan fingerprint density at radius 1 is 1.18 bits per heavy atom. The molecule has 2 aliphatic rings. The van der Waals surface area contributed by atoms with E-state index in [1.165, 1.54) is 19.3 Å². The van der Waals surface area contributed by atoms with E-state index in [0.717, 1.165) is 47.6 Å². The summed E-state index contributed by atoms with van der Waals surface area (Å²) in [5, 5.41) is 0. The van der Waals surface area contributed by atoms with Gasteiger partial charge in [0.2, 0.25) is 0 Å². The summed E-state index contributed by atoms with van der Waals surface area (Å²) in [7, 11) is 0.962. The molecule has 3 heteroatoms. The van der Waals surface area contributed by atoms with Crippen molar-refractivity contribution < 1.29 is 9.47 Å². The van der Waals surface area contributed by atoms with Crippen LogP contribution in [0.15, 0.2) is 12.2 Å². The highest BCUT2D eigenvalue weighted by Crippen LogP contribution is 2.45. The second kappa shape index (κ2) is 5.68. The third-order valence-electron chi connectivity index (χ3n) is 4.28. The molecule has 0 aromatic carbocycles. The van der Waals surface area contributed by atoms with Crippen LogP contribution in [0, 0.1) is 17.8 Å². The summed E-state index contributed by atoms with van der Waals surface area (Å²) in [5.41, 5.74) is -0.227. The molecule has 0 saturated heterocycles. The van der Waals surface area contributed by atoms with Crippen LogP contribution in [0.5, 0.6) is 0 Å². The van der Waals surface area contributed by atoms with E-state index in [2.05, 4.69) is 26.0 Å². The van der Waals surface area contributed by atoms with Gasteiger partial charge in [0.25, 0.3) is 0 Å². The van der Waals surface area contributed by atoms with Gasteiger partial charge in [0.05, 0.1) is 10.2 Å². The van der Waals surface area contributed by atoms with Crippen LogP contribution in [0.4, 0.5) is 0 Å². The fourth-order valence-corrected chi connectivity index (χ4v) is 4.34. The van der Waals surface area contributed by atoms with Crippen LogP contribution in [0.2, 0.25) is 0 Å². The zero-order valence-electron chi connectivity index (χ0n) is 11.4. The van der Waals surface area contributed by atoms with E-state index in [4.69, 9.17) is 9.47 Å². The predicted molar refractivity (Wildman–Crippen MR) is 74.0 cm³/mol. The SMILES string of the molecule is CCOC([SiH3])(CCC1CC2C=CC1C2)OCC. The van der Waals surface area contributed by atoms with E-state index in [1.807, 2.05) is 0 Å². The number of allylic oxidation sites excluding steroid dienone is 2. The number of hydrogen-bond donors (Lipinski definition) is 0. The van der Waals surface area contributed by atoms with Gasteiger partial charge in [0, 0.05) is 13.2 Å². The van der Waals surface area contributed by atoms with E-state index in [9.17, 15) is 0 Å². The quantitative estimate of drug-likeness (QED) is 0.393. The minimum atomic E-state index is -0.227. The largest absolute Gasteiger partial charge is 0.355 e. The summed E-state index contributed by atoms with van der Waals surface area (Å²) in [6.07, 6.45) is 10.0. The summed E-state index contributed by atoms with van der Waals surface area (Å²) in [6.45, 7) is 5.65. The van der Waals surface area contributed by atoms with Crippen LogP contribution in [-0.2, 0) is 9.47 Å². The molecule has 2 nitrogen and oxygen atoms in total. The lowest BCUT2D eigenvalue weighted by Gasteiger charge is -2.31. The average molecular weight is 254 g/mol. The maximum atomic E-state index is 5.83. The zero-order valence-corrected chi connectivity index (χ0v) is 13.4. The van der Waals surface area contributed by atoms with Crippen LogP contribution in [-0.4, -0.2) is 28.9 Å². The fourth-order valence-electron chi connectivity index (χ4n) is 3.47. The van der Waals surface area contributed by atoms with Gasteiger partial charge >= 0.3 is 0 Å². The van der Waals surface area contributed by atoms with E-state index < -0.39 is 0 Å². The fraction of sp³-hybridized carbons (Fsp3) is 0.857. The number of ether oxygens (including phenoxy) is 2. The molecule has 0 aromatic rings. The Balaban J connectivity index is 1.81. The van der Waals surface area contributed by atoms with E-state index >= 15 is 0 Å². The van der Waals surface area contributed by atoms with Gasteiger partial charge in [-0.15, -0.1) is 0 Å². The van der Waals surface area contributed by atoms with E-state index in [1.54, 1.807) is 0 Å². The lowest BCUT2D eigenvalue weighted by Crippen LogP contribution is -2.37. The molecule has 2 aliphatic carbocycles. The maximum absolute atomic E-state index is 5.83. The lowest BCUT2D eigenvalue weighted by atomic mass is 9.89. The minimum Gasteiger partial charge on any atom is -0.355 e. The van der Waals surface area contributed by atoms with Crippen molar-refractivity contribution in [1.29, 1.82) is 0 Å². The minimum absolute atomic E-state index is 0.227.